The third-order valence-corrected chi connectivity index (χ3v) is 12.7. The molecular formula is C56H37NS. The molecule has 0 radical (unpaired) electrons. The van der Waals surface area contributed by atoms with E-state index < -0.39 is 0 Å². The van der Waals surface area contributed by atoms with Gasteiger partial charge in [0.25, 0.3) is 0 Å². The molecule has 0 bridgehead atoms. The zero-order chi connectivity index (χ0) is 38.4. The Balaban J connectivity index is 0.968. The second-order valence-electron chi connectivity index (χ2n) is 14.9. The Hall–Kier alpha value is -7.26. The van der Waals surface area contributed by atoms with Gasteiger partial charge < -0.3 is 4.90 Å². The zero-order valence-corrected chi connectivity index (χ0v) is 32.5. The van der Waals surface area contributed by atoms with E-state index in [9.17, 15) is 0 Å². The van der Waals surface area contributed by atoms with Crippen molar-refractivity contribution >= 4 is 70.1 Å². The van der Waals surface area contributed by atoms with E-state index in [4.69, 9.17) is 0 Å². The van der Waals surface area contributed by atoms with E-state index >= 15 is 0 Å². The summed E-state index contributed by atoms with van der Waals surface area (Å²) in [6.07, 6.45) is 0. The smallest absolute Gasteiger partial charge is 0.0462 e. The quantitative estimate of drug-likeness (QED) is 0.157. The number of nitrogens with zero attached hydrogens (tertiary/aromatic N) is 1. The highest BCUT2D eigenvalue weighted by molar-refractivity contribution is 7.26. The van der Waals surface area contributed by atoms with Crippen LogP contribution in [0.1, 0.15) is 0 Å². The molecule has 11 rings (SSSR count). The minimum Gasteiger partial charge on any atom is -0.311 e. The Bertz CT molecular complexity index is 3260. The van der Waals surface area contributed by atoms with Crippen LogP contribution in [-0.4, -0.2) is 0 Å². The van der Waals surface area contributed by atoms with Gasteiger partial charge in [-0.3, -0.25) is 0 Å². The molecule has 0 spiro atoms. The Labute approximate surface area is 342 Å². The van der Waals surface area contributed by atoms with Crippen LogP contribution in [0.5, 0.6) is 0 Å². The van der Waals surface area contributed by atoms with Gasteiger partial charge in [0, 0.05) is 37.2 Å². The standard InChI is InChI=1S/C56H37NS/c1-2-12-43-36-45(23-22-38(43)10-1)40-26-32-48(33-27-40)57(49-34-28-42(29-35-49)52-19-9-20-54-53-17-5-6-21-55(53)58-56(52)54)47-30-24-39(25-31-47)44-14-7-15-46(37-44)51-18-8-13-41-11-3-4-16-50(41)51/h1-37H. The maximum absolute atomic E-state index is 2.37. The van der Waals surface area contributed by atoms with Gasteiger partial charge in [-0.25, -0.2) is 0 Å². The average molecular weight is 756 g/mol. The monoisotopic (exact) mass is 755 g/mol. The highest BCUT2D eigenvalue weighted by Crippen LogP contribution is 2.42. The van der Waals surface area contributed by atoms with Crippen LogP contribution in [0.15, 0.2) is 224 Å². The summed E-state index contributed by atoms with van der Waals surface area (Å²) in [6, 6.07) is 81.9. The second kappa shape index (κ2) is 14.4. The number of benzene rings is 10. The molecule has 0 unspecified atom stereocenters. The van der Waals surface area contributed by atoms with Crippen molar-refractivity contribution in [1.82, 2.24) is 0 Å². The molecule has 0 saturated carbocycles. The largest absolute Gasteiger partial charge is 0.311 e. The third kappa shape index (κ3) is 6.12. The first-order chi connectivity index (χ1) is 28.7. The highest BCUT2D eigenvalue weighted by atomic mass is 32.1. The lowest BCUT2D eigenvalue weighted by Crippen LogP contribution is -2.09. The predicted molar refractivity (Wildman–Crippen MR) is 251 cm³/mol. The molecule has 10 aromatic carbocycles. The molecule has 11 aromatic rings. The Kier molecular flexibility index (Phi) is 8.42. The van der Waals surface area contributed by atoms with Crippen LogP contribution in [0, 0.1) is 0 Å². The van der Waals surface area contributed by atoms with Gasteiger partial charge in [0.05, 0.1) is 0 Å². The summed E-state index contributed by atoms with van der Waals surface area (Å²) in [4.78, 5) is 2.37. The Morgan fingerprint density at radius 2 is 0.776 bits per heavy atom. The van der Waals surface area contributed by atoms with Crippen molar-refractivity contribution in [1.29, 1.82) is 0 Å². The van der Waals surface area contributed by atoms with Gasteiger partial charge in [-0.1, -0.05) is 170 Å². The molecule has 0 aliphatic heterocycles. The van der Waals surface area contributed by atoms with Crippen LogP contribution in [0.4, 0.5) is 17.1 Å². The van der Waals surface area contributed by atoms with Crippen molar-refractivity contribution < 1.29 is 0 Å². The third-order valence-electron chi connectivity index (χ3n) is 11.5. The fourth-order valence-electron chi connectivity index (χ4n) is 8.53. The Morgan fingerprint density at radius 3 is 1.52 bits per heavy atom. The predicted octanol–water partition coefficient (Wildman–Crippen LogP) is 16.5. The molecule has 1 aromatic heterocycles. The van der Waals surface area contributed by atoms with E-state index in [2.05, 4.69) is 229 Å². The number of hydrogen-bond donors (Lipinski definition) is 0. The van der Waals surface area contributed by atoms with Crippen molar-refractivity contribution in [3.05, 3.63) is 224 Å². The van der Waals surface area contributed by atoms with Crippen LogP contribution >= 0.6 is 11.3 Å². The van der Waals surface area contributed by atoms with Crippen molar-refractivity contribution in [2.45, 2.75) is 0 Å². The van der Waals surface area contributed by atoms with E-state index in [0.29, 0.717) is 0 Å². The molecule has 0 aliphatic carbocycles. The van der Waals surface area contributed by atoms with Crippen molar-refractivity contribution in [2.24, 2.45) is 0 Å². The first-order valence-electron chi connectivity index (χ1n) is 19.8. The lowest BCUT2D eigenvalue weighted by Gasteiger charge is -2.26. The fraction of sp³-hybridized carbons (Fsp3) is 0. The fourth-order valence-corrected chi connectivity index (χ4v) is 9.77. The van der Waals surface area contributed by atoms with E-state index in [-0.39, 0.29) is 0 Å². The van der Waals surface area contributed by atoms with E-state index in [1.54, 1.807) is 0 Å². The molecule has 0 N–H and O–H groups in total. The number of thiophene rings is 1. The molecule has 272 valence electrons. The van der Waals surface area contributed by atoms with Crippen LogP contribution < -0.4 is 4.90 Å². The zero-order valence-electron chi connectivity index (χ0n) is 31.7. The van der Waals surface area contributed by atoms with Gasteiger partial charge in [-0.15, -0.1) is 11.3 Å². The number of fused-ring (bicyclic) bond motifs is 5. The molecule has 0 fully saturated rings. The van der Waals surface area contributed by atoms with E-state index in [1.165, 1.54) is 86.2 Å². The number of anilines is 3. The molecule has 0 atom stereocenters. The van der Waals surface area contributed by atoms with Gasteiger partial charge in [0.2, 0.25) is 0 Å². The number of rotatable bonds is 7. The van der Waals surface area contributed by atoms with Crippen LogP contribution in [0.25, 0.3) is 86.2 Å². The SMILES string of the molecule is c1cc(-c2ccc(N(c3ccc(-c4ccc5ccccc5c4)cc3)c3ccc(-c4cccc5c4sc4ccccc45)cc3)cc2)cc(-c2cccc3ccccc23)c1. The minimum absolute atomic E-state index is 1.10. The molecular weight excluding hydrogens is 719 g/mol. The van der Waals surface area contributed by atoms with Crippen molar-refractivity contribution in [2.75, 3.05) is 4.90 Å². The summed E-state index contributed by atoms with van der Waals surface area (Å²) in [6.45, 7) is 0. The first kappa shape index (κ1) is 34.0. The van der Waals surface area contributed by atoms with Crippen molar-refractivity contribution in [3.63, 3.8) is 0 Å². The molecule has 1 heterocycles. The van der Waals surface area contributed by atoms with Gasteiger partial charge in [-0.05, 0) is 121 Å². The van der Waals surface area contributed by atoms with Gasteiger partial charge in [0.15, 0.2) is 0 Å². The molecule has 0 aliphatic rings. The number of hydrogen-bond acceptors (Lipinski definition) is 2. The summed E-state index contributed by atoms with van der Waals surface area (Å²) in [5.41, 5.74) is 13.1. The van der Waals surface area contributed by atoms with Crippen LogP contribution in [-0.2, 0) is 0 Å². The molecule has 0 amide bonds. The van der Waals surface area contributed by atoms with E-state index in [1.807, 2.05) is 11.3 Å². The summed E-state index contributed by atoms with van der Waals surface area (Å²) < 4.78 is 2.65. The first-order valence-corrected chi connectivity index (χ1v) is 20.6. The van der Waals surface area contributed by atoms with Crippen LogP contribution in [0.3, 0.4) is 0 Å². The maximum atomic E-state index is 2.37. The summed E-state index contributed by atoms with van der Waals surface area (Å²) in [7, 11) is 0. The summed E-state index contributed by atoms with van der Waals surface area (Å²) >= 11 is 1.88. The van der Waals surface area contributed by atoms with Gasteiger partial charge in [-0.2, -0.15) is 0 Å². The maximum Gasteiger partial charge on any atom is 0.0462 e. The molecule has 2 heteroatoms. The van der Waals surface area contributed by atoms with Gasteiger partial charge in [0.1, 0.15) is 0 Å². The summed E-state index contributed by atoms with van der Waals surface area (Å²) in [5.74, 6) is 0. The minimum atomic E-state index is 1.10. The summed E-state index contributed by atoms with van der Waals surface area (Å²) in [5, 5.41) is 7.67. The lowest BCUT2D eigenvalue weighted by atomic mass is 9.95. The van der Waals surface area contributed by atoms with E-state index in [0.717, 1.165) is 17.1 Å². The second-order valence-corrected chi connectivity index (χ2v) is 16.0. The normalized spacial score (nSPS) is 11.4. The van der Waals surface area contributed by atoms with Crippen LogP contribution in [0.2, 0.25) is 0 Å². The highest BCUT2D eigenvalue weighted by Gasteiger charge is 2.16. The van der Waals surface area contributed by atoms with Crippen molar-refractivity contribution in [3.8, 4) is 44.5 Å². The average Bonchev–Trinajstić information content (AvgIpc) is 3.69. The topological polar surface area (TPSA) is 3.24 Å². The molecule has 0 saturated heterocycles. The lowest BCUT2D eigenvalue weighted by molar-refractivity contribution is 1.28. The molecule has 58 heavy (non-hydrogen) atoms. The Morgan fingerprint density at radius 1 is 0.276 bits per heavy atom. The van der Waals surface area contributed by atoms with Gasteiger partial charge >= 0.3 is 0 Å². The molecule has 1 nitrogen and oxygen atoms in total.